The van der Waals surface area contributed by atoms with Gasteiger partial charge in [-0.3, -0.25) is 14.9 Å². The van der Waals surface area contributed by atoms with Crippen molar-refractivity contribution in [3.8, 4) is 6.07 Å². The Bertz CT molecular complexity index is 590. The maximum absolute atomic E-state index is 12.0. The third-order valence-corrected chi connectivity index (χ3v) is 3.93. The molecule has 0 saturated heterocycles. The molecule has 1 saturated carbocycles. The topological polar surface area (TPSA) is 96.0 Å². The molecule has 0 aliphatic heterocycles. The van der Waals surface area contributed by atoms with E-state index in [1.54, 1.807) is 6.07 Å². The van der Waals surface area contributed by atoms with Crippen molar-refractivity contribution in [3.63, 3.8) is 0 Å². The van der Waals surface area contributed by atoms with Crippen molar-refractivity contribution in [2.45, 2.75) is 19.3 Å². The average molecular weight is 324 g/mol. The number of nitrogens with one attached hydrogen (secondary N) is 1. The van der Waals surface area contributed by atoms with E-state index < -0.39 is 16.2 Å². The molecule has 0 spiro atoms. The maximum Gasteiger partial charge on any atom is 0.285 e. The molecular formula is C12H10BrN3O3. The quantitative estimate of drug-likeness (QED) is 0.683. The molecule has 2 rings (SSSR count). The van der Waals surface area contributed by atoms with Crippen LogP contribution in [0.5, 0.6) is 0 Å². The molecule has 0 radical (unpaired) electrons. The standard InChI is InChI=1S/C12H10BrN3O3/c13-9-3-2-8(6-10(9)16(18)19)15-11(17)12(7-14)4-1-5-12/h2-3,6H,1,4-5H2,(H,15,17). The predicted molar refractivity (Wildman–Crippen MR) is 71.3 cm³/mol. The smallest absolute Gasteiger partial charge is 0.285 e. The highest BCUT2D eigenvalue weighted by Crippen LogP contribution is 2.41. The Balaban J connectivity index is 2.20. The van der Waals surface area contributed by atoms with Gasteiger partial charge in [0.1, 0.15) is 5.41 Å². The number of hydrogen-bond donors (Lipinski definition) is 1. The molecule has 0 bridgehead atoms. The number of anilines is 1. The molecule has 0 aromatic heterocycles. The number of nitriles is 1. The zero-order valence-corrected chi connectivity index (χ0v) is 11.4. The fourth-order valence-corrected chi connectivity index (χ4v) is 2.29. The largest absolute Gasteiger partial charge is 0.324 e. The van der Waals surface area contributed by atoms with Crippen LogP contribution in [0.15, 0.2) is 22.7 Å². The monoisotopic (exact) mass is 323 g/mol. The first-order valence-electron chi connectivity index (χ1n) is 5.65. The van der Waals surface area contributed by atoms with Gasteiger partial charge in [0.25, 0.3) is 5.69 Å². The molecule has 1 aromatic carbocycles. The number of nitro benzene ring substituents is 1. The van der Waals surface area contributed by atoms with Crippen molar-refractivity contribution in [1.29, 1.82) is 5.26 Å². The highest BCUT2D eigenvalue weighted by molar-refractivity contribution is 9.10. The van der Waals surface area contributed by atoms with Gasteiger partial charge in [0.15, 0.2) is 0 Å². The second-order valence-corrected chi connectivity index (χ2v) is 5.28. The highest BCUT2D eigenvalue weighted by Gasteiger charge is 2.44. The lowest BCUT2D eigenvalue weighted by molar-refractivity contribution is -0.385. The van der Waals surface area contributed by atoms with E-state index in [-0.39, 0.29) is 5.69 Å². The lowest BCUT2D eigenvalue weighted by Gasteiger charge is -2.33. The van der Waals surface area contributed by atoms with Crippen LogP contribution in [-0.4, -0.2) is 10.8 Å². The second kappa shape index (κ2) is 4.97. The first-order chi connectivity index (χ1) is 8.98. The van der Waals surface area contributed by atoms with Crippen LogP contribution in [0.4, 0.5) is 11.4 Å². The van der Waals surface area contributed by atoms with E-state index in [0.29, 0.717) is 23.0 Å². The minimum atomic E-state index is -0.970. The fraction of sp³-hybridized carbons (Fsp3) is 0.333. The molecule has 0 atom stereocenters. The molecule has 1 fully saturated rings. The molecule has 1 aromatic rings. The van der Waals surface area contributed by atoms with Gasteiger partial charge in [0.05, 0.1) is 15.5 Å². The van der Waals surface area contributed by atoms with E-state index in [1.165, 1.54) is 12.1 Å². The number of rotatable bonds is 3. The third kappa shape index (κ3) is 2.44. The van der Waals surface area contributed by atoms with Crippen molar-refractivity contribution >= 4 is 33.2 Å². The summed E-state index contributed by atoms with van der Waals surface area (Å²) in [7, 11) is 0. The predicted octanol–water partition coefficient (Wildman–Crippen LogP) is 2.99. The van der Waals surface area contributed by atoms with Crippen molar-refractivity contribution < 1.29 is 9.72 Å². The Kier molecular flexibility index (Phi) is 3.53. The van der Waals surface area contributed by atoms with Gasteiger partial charge in [-0.15, -0.1) is 0 Å². The SMILES string of the molecule is N#CC1(C(=O)Nc2ccc(Br)c([N+](=O)[O-])c2)CCC1. The Morgan fingerprint density at radius 3 is 2.68 bits per heavy atom. The van der Waals surface area contributed by atoms with Gasteiger partial charge in [-0.1, -0.05) is 0 Å². The number of carbonyl (C=O) groups excluding carboxylic acids is 1. The number of hydrogen-bond acceptors (Lipinski definition) is 4. The van der Waals surface area contributed by atoms with Crippen molar-refractivity contribution in [1.82, 2.24) is 0 Å². The van der Waals surface area contributed by atoms with Gasteiger partial charge < -0.3 is 5.32 Å². The van der Waals surface area contributed by atoms with Gasteiger partial charge >= 0.3 is 0 Å². The van der Waals surface area contributed by atoms with Gasteiger partial charge in [0, 0.05) is 11.8 Å². The van der Waals surface area contributed by atoms with E-state index >= 15 is 0 Å². The fourth-order valence-electron chi connectivity index (χ4n) is 1.90. The molecule has 7 heteroatoms. The van der Waals surface area contributed by atoms with E-state index in [0.717, 1.165) is 6.42 Å². The molecule has 1 aliphatic carbocycles. The summed E-state index contributed by atoms with van der Waals surface area (Å²) in [6.45, 7) is 0. The molecule has 1 N–H and O–H groups in total. The Labute approximate surface area is 117 Å². The summed E-state index contributed by atoms with van der Waals surface area (Å²) >= 11 is 3.07. The summed E-state index contributed by atoms with van der Waals surface area (Å²) in [6.07, 6.45) is 1.92. The molecule has 6 nitrogen and oxygen atoms in total. The Hall–Kier alpha value is -1.94. The first kappa shape index (κ1) is 13.5. The molecule has 0 heterocycles. The maximum atomic E-state index is 12.0. The van der Waals surface area contributed by atoms with Crippen LogP contribution in [0.2, 0.25) is 0 Å². The average Bonchev–Trinajstić information content (AvgIpc) is 2.30. The zero-order valence-electron chi connectivity index (χ0n) is 9.85. The van der Waals surface area contributed by atoms with Crippen LogP contribution >= 0.6 is 15.9 Å². The number of benzene rings is 1. The minimum Gasteiger partial charge on any atom is -0.324 e. The van der Waals surface area contributed by atoms with Crippen LogP contribution in [0, 0.1) is 26.9 Å². The summed E-state index contributed by atoms with van der Waals surface area (Å²) in [6, 6.07) is 6.35. The lowest BCUT2D eigenvalue weighted by atomic mass is 9.69. The molecule has 1 aliphatic rings. The molecule has 0 unspecified atom stereocenters. The summed E-state index contributed by atoms with van der Waals surface area (Å²) < 4.78 is 0.342. The number of carbonyl (C=O) groups is 1. The van der Waals surface area contributed by atoms with Gasteiger partial charge in [0.2, 0.25) is 5.91 Å². The molecular weight excluding hydrogens is 314 g/mol. The highest BCUT2D eigenvalue weighted by atomic mass is 79.9. The van der Waals surface area contributed by atoms with Crippen molar-refractivity contribution in [3.05, 3.63) is 32.8 Å². The van der Waals surface area contributed by atoms with E-state index in [2.05, 4.69) is 21.2 Å². The van der Waals surface area contributed by atoms with Crippen molar-refractivity contribution in [2.75, 3.05) is 5.32 Å². The second-order valence-electron chi connectivity index (χ2n) is 4.42. The molecule has 19 heavy (non-hydrogen) atoms. The first-order valence-corrected chi connectivity index (χ1v) is 6.44. The summed E-state index contributed by atoms with van der Waals surface area (Å²) in [4.78, 5) is 22.3. The minimum absolute atomic E-state index is 0.127. The van der Waals surface area contributed by atoms with E-state index in [4.69, 9.17) is 5.26 Å². The summed E-state index contributed by atoms with van der Waals surface area (Å²) in [5, 5.41) is 22.4. The number of nitrogens with zero attached hydrogens (tertiary/aromatic N) is 2. The number of nitro groups is 1. The van der Waals surface area contributed by atoms with Crippen LogP contribution < -0.4 is 5.32 Å². The number of halogens is 1. The Morgan fingerprint density at radius 2 is 2.21 bits per heavy atom. The summed E-state index contributed by atoms with van der Waals surface area (Å²) in [5.74, 6) is -0.391. The third-order valence-electron chi connectivity index (χ3n) is 3.26. The van der Waals surface area contributed by atoms with Crippen LogP contribution in [0.1, 0.15) is 19.3 Å². The normalized spacial score (nSPS) is 16.0. The number of amides is 1. The van der Waals surface area contributed by atoms with Crippen LogP contribution in [-0.2, 0) is 4.79 Å². The zero-order chi connectivity index (χ0) is 14.0. The van der Waals surface area contributed by atoms with Crippen LogP contribution in [0.3, 0.4) is 0 Å². The van der Waals surface area contributed by atoms with Crippen molar-refractivity contribution in [2.24, 2.45) is 5.41 Å². The van der Waals surface area contributed by atoms with Gasteiger partial charge in [-0.25, -0.2) is 0 Å². The van der Waals surface area contributed by atoms with E-state index in [9.17, 15) is 14.9 Å². The Morgan fingerprint density at radius 1 is 1.53 bits per heavy atom. The van der Waals surface area contributed by atoms with Crippen LogP contribution in [0.25, 0.3) is 0 Å². The molecule has 1 amide bonds. The summed E-state index contributed by atoms with van der Waals surface area (Å²) in [5.41, 5.74) is -0.777. The lowest BCUT2D eigenvalue weighted by Crippen LogP contribution is -2.40. The molecule has 98 valence electrons. The van der Waals surface area contributed by atoms with Gasteiger partial charge in [-0.05, 0) is 47.3 Å². The van der Waals surface area contributed by atoms with Gasteiger partial charge in [-0.2, -0.15) is 5.26 Å². The van der Waals surface area contributed by atoms with E-state index in [1.807, 2.05) is 6.07 Å².